The van der Waals surface area contributed by atoms with Gasteiger partial charge in [0.25, 0.3) is 0 Å². The normalized spacial score (nSPS) is 23.0. The van der Waals surface area contributed by atoms with Crippen molar-refractivity contribution >= 4 is 21.9 Å². The molecule has 1 heterocycles. The maximum absolute atomic E-state index is 12.1. The topological polar surface area (TPSA) is 44.8 Å². The molecule has 3 rings (SSSR count). The fourth-order valence-electron chi connectivity index (χ4n) is 2.91. The first-order chi connectivity index (χ1) is 11.7. The van der Waals surface area contributed by atoms with Crippen molar-refractivity contribution in [2.75, 3.05) is 13.7 Å². The Labute approximate surface area is 149 Å². The van der Waals surface area contributed by atoms with Gasteiger partial charge in [-0.15, -0.1) is 0 Å². The van der Waals surface area contributed by atoms with Gasteiger partial charge < -0.3 is 14.2 Å². The summed E-state index contributed by atoms with van der Waals surface area (Å²) >= 11 is 3.42. The Kier molecular flexibility index (Phi) is 5.53. The summed E-state index contributed by atoms with van der Waals surface area (Å²) in [6, 6.07) is 17.4. The fraction of sp³-hybridized carbons (Fsp3) is 0.316. The maximum Gasteiger partial charge on any atom is 0.311 e. The lowest BCUT2D eigenvalue weighted by Gasteiger charge is -2.17. The molecule has 0 aromatic heterocycles. The standard InChI is InChI=1S/C19H19BrO4/c1-22-19(21)17-11-16(12-23-15-5-3-2-4-6-15)24-18(17)13-7-9-14(20)10-8-13/h2-10,16-18H,11-12H2,1H3/t16-,17+,18-/m0/s1. The summed E-state index contributed by atoms with van der Waals surface area (Å²) in [5, 5.41) is 0. The molecule has 1 aliphatic heterocycles. The van der Waals surface area contributed by atoms with E-state index in [9.17, 15) is 4.79 Å². The van der Waals surface area contributed by atoms with Crippen LogP contribution in [0.1, 0.15) is 18.1 Å². The van der Waals surface area contributed by atoms with Gasteiger partial charge in [0.05, 0.1) is 25.2 Å². The molecule has 0 radical (unpaired) electrons. The van der Waals surface area contributed by atoms with Crippen LogP contribution in [0, 0.1) is 5.92 Å². The molecule has 126 valence electrons. The lowest BCUT2D eigenvalue weighted by molar-refractivity contribution is -0.147. The SMILES string of the molecule is COC(=O)[C@@H]1C[C@@H](COc2ccccc2)O[C@H]1c1ccc(Br)cc1. The summed E-state index contributed by atoms with van der Waals surface area (Å²) in [6.45, 7) is 0.407. The second kappa shape index (κ2) is 7.81. The van der Waals surface area contributed by atoms with E-state index in [0.717, 1.165) is 15.8 Å². The Hall–Kier alpha value is -1.85. The van der Waals surface area contributed by atoms with E-state index in [1.54, 1.807) is 0 Å². The number of methoxy groups -OCH3 is 1. The number of carbonyl (C=O) groups is 1. The van der Waals surface area contributed by atoms with Crippen LogP contribution >= 0.6 is 15.9 Å². The van der Waals surface area contributed by atoms with Crippen molar-refractivity contribution in [3.63, 3.8) is 0 Å². The molecule has 0 spiro atoms. The third kappa shape index (κ3) is 3.97. The molecule has 0 aliphatic carbocycles. The highest BCUT2D eigenvalue weighted by Gasteiger charge is 2.41. The molecule has 1 fully saturated rings. The second-order valence-electron chi connectivity index (χ2n) is 5.72. The van der Waals surface area contributed by atoms with Crippen LogP contribution in [0.15, 0.2) is 59.1 Å². The molecule has 3 atom stereocenters. The van der Waals surface area contributed by atoms with Gasteiger partial charge in [-0.05, 0) is 36.2 Å². The van der Waals surface area contributed by atoms with Crippen molar-refractivity contribution in [3.8, 4) is 5.75 Å². The minimum Gasteiger partial charge on any atom is -0.491 e. The van der Waals surface area contributed by atoms with E-state index in [0.29, 0.717) is 13.0 Å². The van der Waals surface area contributed by atoms with Gasteiger partial charge in [-0.3, -0.25) is 4.79 Å². The van der Waals surface area contributed by atoms with Crippen LogP contribution in [0.2, 0.25) is 0 Å². The molecule has 2 aromatic carbocycles. The Bertz CT molecular complexity index is 672. The highest BCUT2D eigenvalue weighted by atomic mass is 79.9. The first kappa shape index (κ1) is 17.0. The Morgan fingerprint density at radius 1 is 1.17 bits per heavy atom. The van der Waals surface area contributed by atoms with Crippen LogP contribution in [0.4, 0.5) is 0 Å². The molecule has 1 saturated heterocycles. The molecule has 0 saturated carbocycles. The average Bonchev–Trinajstić information content (AvgIpc) is 3.05. The van der Waals surface area contributed by atoms with Crippen LogP contribution in [0.5, 0.6) is 5.75 Å². The lowest BCUT2D eigenvalue weighted by atomic mass is 9.94. The second-order valence-corrected chi connectivity index (χ2v) is 6.64. The van der Waals surface area contributed by atoms with Crippen molar-refractivity contribution in [1.82, 2.24) is 0 Å². The summed E-state index contributed by atoms with van der Waals surface area (Å²) in [4.78, 5) is 12.1. The predicted molar refractivity (Wildman–Crippen MR) is 93.8 cm³/mol. The quantitative estimate of drug-likeness (QED) is 0.719. The van der Waals surface area contributed by atoms with Crippen LogP contribution < -0.4 is 4.74 Å². The zero-order valence-electron chi connectivity index (χ0n) is 13.4. The number of rotatable bonds is 5. The highest BCUT2D eigenvalue weighted by Crippen LogP contribution is 2.39. The van der Waals surface area contributed by atoms with Gasteiger partial charge in [0.15, 0.2) is 0 Å². The number of ether oxygens (including phenoxy) is 3. The minimum atomic E-state index is -0.319. The summed E-state index contributed by atoms with van der Waals surface area (Å²) in [5.41, 5.74) is 0.968. The van der Waals surface area contributed by atoms with Crippen molar-refractivity contribution in [2.45, 2.75) is 18.6 Å². The number of carbonyl (C=O) groups excluding carboxylic acids is 1. The summed E-state index contributed by atoms with van der Waals surface area (Å²) in [5.74, 6) is 0.230. The summed E-state index contributed by atoms with van der Waals surface area (Å²) in [6.07, 6.45) is 0.123. The number of esters is 1. The average molecular weight is 391 g/mol. The first-order valence-electron chi connectivity index (χ1n) is 7.84. The Morgan fingerprint density at radius 2 is 1.88 bits per heavy atom. The van der Waals surface area contributed by atoms with Gasteiger partial charge in [0.1, 0.15) is 12.4 Å². The predicted octanol–water partition coefficient (Wildman–Crippen LogP) is 4.15. The third-order valence-electron chi connectivity index (χ3n) is 4.10. The van der Waals surface area contributed by atoms with Crippen molar-refractivity contribution in [1.29, 1.82) is 0 Å². The van der Waals surface area contributed by atoms with E-state index < -0.39 is 0 Å². The lowest BCUT2D eigenvalue weighted by Crippen LogP contribution is -2.20. The van der Waals surface area contributed by atoms with Crippen LogP contribution in [0.25, 0.3) is 0 Å². The van der Waals surface area contributed by atoms with Crippen molar-refractivity contribution in [2.24, 2.45) is 5.92 Å². The fourth-order valence-corrected chi connectivity index (χ4v) is 3.18. The molecule has 0 unspecified atom stereocenters. The first-order valence-corrected chi connectivity index (χ1v) is 8.63. The number of hydrogen-bond donors (Lipinski definition) is 0. The molecule has 5 heteroatoms. The van der Waals surface area contributed by atoms with Crippen LogP contribution in [-0.2, 0) is 14.3 Å². The molecule has 2 aromatic rings. The van der Waals surface area contributed by atoms with Gasteiger partial charge >= 0.3 is 5.97 Å². The summed E-state index contributed by atoms with van der Waals surface area (Å²) < 4.78 is 17.8. The molecule has 24 heavy (non-hydrogen) atoms. The van der Waals surface area contributed by atoms with E-state index in [4.69, 9.17) is 14.2 Å². The van der Waals surface area contributed by atoms with Crippen molar-refractivity contribution in [3.05, 3.63) is 64.6 Å². The van der Waals surface area contributed by atoms with Gasteiger partial charge in [0.2, 0.25) is 0 Å². The van der Waals surface area contributed by atoms with Gasteiger partial charge in [-0.2, -0.15) is 0 Å². The highest BCUT2D eigenvalue weighted by molar-refractivity contribution is 9.10. The van der Waals surface area contributed by atoms with Crippen molar-refractivity contribution < 1.29 is 19.0 Å². The Balaban J connectivity index is 1.70. The maximum atomic E-state index is 12.1. The van der Waals surface area contributed by atoms with Gasteiger partial charge in [-0.1, -0.05) is 46.3 Å². The van der Waals surface area contributed by atoms with E-state index in [-0.39, 0.29) is 24.1 Å². The molecule has 0 bridgehead atoms. The molecular formula is C19H19BrO4. The molecule has 0 N–H and O–H groups in total. The van der Waals surface area contributed by atoms with E-state index in [1.165, 1.54) is 7.11 Å². The van der Waals surface area contributed by atoms with Crippen LogP contribution in [-0.4, -0.2) is 25.8 Å². The van der Waals surface area contributed by atoms with Crippen LogP contribution in [0.3, 0.4) is 0 Å². The third-order valence-corrected chi connectivity index (χ3v) is 4.63. The molecule has 1 aliphatic rings. The number of para-hydroxylation sites is 1. The number of hydrogen-bond acceptors (Lipinski definition) is 4. The Morgan fingerprint density at radius 3 is 2.54 bits per heavy atom. The van der Waals surface area contributed by atoms with Gasteiger partial charge in [-0.25, -0.2) is 0 Å². The zero-order chi connectivity index (χ0) is 16.9. The molecular weight excluding hydrogens is 372 g/mol. The van der Waals surface area contributed by atoms with E-state index >= 15 is 0 Å². The monoisotopic (exact) mass is 390 g/mol. The minimum absolute atomic E-state index is 0.150. The molecule has 0 amide bonds. The van der Waals surface area contributed by atoms with E-state index in [2.05, 4.69) is 15.9 Å². The molecule has 4 nitrogen and oxygen atoms in total. The number of halogens is 1. The summed E-state index contributed by atoms with van der Waals surface area (Å²) in [7, 11) is 1.41. The number of benzene rings is 2. The zero-order valence-corrected chi connectivity index (χ0v) is 14.9. The van der Waals surface area contributed by atoms with E-state index in [1.807, 2.05) is 54.6 Å². The largest absolute Gasteiger partial charge is 0.491 e. The smallest absolute Gasteiger partial charge is 0.311 e. The van der Waals surface area contributed by atoms with Gasteiger partial charge in [0, 0.05) is 4.47 Å².